The molecule has 1 N–H and O–H groups in total. The van der Waals surface area contributed by atoms with Gasteiger partial charge in [-0.05, 0) is 48.7 Å². The Morgan fingerprint density at radius 3 is 2.94 bits per heavy atom. The second-order valence-corrected chi connectivity index (χ2v) is 7.63. The molecule has 1 aliphatic heterocycles. The number of nitrogens with one attached hydrogen (secondary N) is 1. The number of carbonyl (C=O) groups is 2. The normalized spacial score (nSPS) is 16.7. The van der Waals surface area contributed by atoms with Gasteiger partial charge in [0.2, 0.25) is 5.91 Å². The lowest BCUT2D eigenvalue weighted by Crippen LogP contribution is -2.35. The van der Waals surface area contributed by atoms with Gasteiger partial charge >= 0.3 is 0 Å². The fraction of sp³-hybridized carbons (Fsp3) is 0.348. The Hall–Kier alpha value is -3.55. The van der Waals surface area contributed by atoms with E-state index in [-0.39, 0.29) is 23.6 Å². The highest BCUT2D eigenvalue weighted by molar-refractivity contribution is 5.91. The lowest BCUT2D eigenvalue weighted by molar-refractivity contribution is -0.131. The van der Waals surface area contributed by atoms with Crippen LogP contribution >= 0.6 is 0 Å². The second kappa shape index (κ2) is 9.51. The zero-order valence-corrected chi connectivity index (χ0v) is 17.5. The van der Waals surface area contributed by atoms with Crippen molar-refractivity contribution in [1.82, 2.24) is 20.0 Å². The molecule has 8 nitrogen and oxygen atoms in total. The molecule has 162 valence electrons. The molecule has 0 saturated carbocycles. The molecule has 8 heteroatoms. The Kier molecular flexibility index (Phi) is 6.35. The highest BCUT2D eigenvalue weighted by Gasteiger charge is 2.25. The molecule has 1 aliphatic rings. The molecule has 1 fully saturated rings. The molecule has 3 heterocycles. The number of benzene rings is 1. The maximum atomic E-state index is 12.6. The molecule has 0 bridgehead atoms. The summed E-state index contributed by atoms with van der Waals surface area (Å²) in [5.41, 5.74) is 1.02. The Morgan fingerprint density at radius 2 is 2.13 bits per heavy atom. The third-order valence-corrected chi connectivity index (χ3v) is 5.41. The first-order chi connectivity index (χ1) is 15.1. The fourth-order valence-corrected chi connectivity index (χ4v) is 3.73. The van der Waals surface area contributed by atoms with Crippen molar-refractivity contribution in [3.8, 4) is 5.75 Å². The van der Waals surface area contributed by atoms with Gasteiger partial charge in [0.05, 0.1) is 13.7 Å². The van der Waals surface area contributed by atoms with Gasteiger partial charge in [-0.25, -0.2) is 0 Å². The number of methoxy groups -OCH3 is 1. The van der Waals surface area contributed by atoms with Gasteiger partial charge in [0.1, 0.15) is 11.5 Å². The molecular weight excluding hydrogens is 396 g/mol. The minimum Gasteiger partial charge on any atom is -0.497 e. The van der Waals surface area contributed by atoms with Gasteiger partial charge in [0, 0.05) is 37.9 Å². The molecule has 2 aromatic heterocycles. The number of hydrogen-bond donors (Lipinski definition) is 1. The van der Waals surface area contributed by atoms with Crippen molar-refractivity contribution in [3.05, 3.63) is 71.9 Å². The van der Waals surface area contributed by atoms with Gasteiger partial charge in [-0.15, -0.1) is 0 Å². The molecule has 0 radical (unpaired) electrons. The largest absolute Gasteiger partial charge is 0.497 e. The number of furan rings is 1. The first-order valence-electron chi connectivity index (χ1n) is 10.4. The maximum absolute atomic E-state index is 12.6. The topological polar surface area (TPSA) is 89.6 Å². The monoisotopic (exact) mass is 422 g/mol. The van der Waals surface area contributed by atoms with E-state index in [1.54, 1.807) is 30.1 Å². The van der Waals surface area contributed by atoms with Gasteiger partial charge in [-0.2, -0.15) is 5.10 Å². The SMILES string of the molecule is COc1cccc(CN2CCC(NC(=O)c3ccc(Cn4cccn4)o3)CCC2=O)c1. The Bertz CT molecular complexity index is 1030. The lowest BCUT2D eigenvalue weighted by atomic mass is 10.1. The zero-order chi connectivity index (χ0) is 21.6. The van der Waals surface area contributed by atoms with E-state index in [0.29, 0.717) is 44.7 Å². The summed E-state index contributed by atoms with van der Waals surface area (Å²) in [4.78, 5) is 27.1. The van der Waals surface area contributed by atoms with E-state index < -0.39 is 0 Å². The lowest BCUT2D eigenvalue weighted by Gasteiger charge is -2.21. The fourth-order valence-electron chi connectivity index (χ4n) is 3.73. The van der Waals surface area contributed by atoms with E-state index in [1.807, 2.05) is 41.4 Å². The predicted octanol–water partition coefficient (Wildman–Crippen LogP) is 2.84. The summed E-state index contributed by atoms with van der Waals surface area (Å²) in [6.45, 7) is 1.59. The summed E-state index contributed by atoms with van der Waals surface area (Å²) in [6, 6.07) is 12.9. The zero-order valence-electron chi connectivity index (χ0n) is 17.5. The molecule has 1 aromatic carbocycles. The average molecular weight is 422 g/mol. The van der Waals surface area contributed by atoms with Crippen LogP contribution in [0.2, 0.25) is 0 Å². The predicted molar refractivity (Wildman–Crippen MR) is 114 cm³/mol. The van der Waals surface area contributed by atoms with E-state index in [9.17, 15) is 9.59 Å². The number of carbonyl (C=O) groups excluding carboxylic acids is 2. The van der Waals surface area contributed by atoms with Crippen molar-refractivity contribution in [2.24, 2.45) is 0 Å². The molecule has 1 atom stereocenters. The number of aromatic nitrogens is 2. The van der Waals surface area contributed by atoms with Crippen LogP contribution in [0, 0.1) is 0 Å². The van der Waals surface area contributed by atoms with Crippen LogP contribution in [-0.4, -0.2) is 46.2 Å². The van der Waals surface area contributed by atoms with Crippen LogP contribution < -0.4 is 10.1 Å². The summed E-state index contributed by atoms with van der Waals surface area (Å²) in [5.74, 6) is 1.54. The summed E-state index contributed by atoms with van der Waals surface area (Å²) in [6.07, 6.45) is 5.24. The van der Waals surface area contributed by atoms with Crippen molar-refractivity contribution < 1.29 is 18.7 Å². The van der Waals surface area contributed by atoms with Gasteiger partial charge in [-0.1, -0.05) is 12.1 Å². The molecule has 2 amide bonds. The summed E-state index contributed by atoms with van der Waals surface area (Å²) in [5, 5.41) is 7.15. The molecule has 1 unspecified atom stereocenters. The van der Waals surface area contributed by atoms with E-state index >= 15 is 0 Å². The van der Waals surface area contributed by atoms with E-state index in [2.05, 4.69) is 10.4 Å². The van der Waals surface area contributed by atoms with E-state index in [1.165, 1.54) is 0 Å². The minimum absolute atomic E-state index is 0.0774. The van der Waals surface area contributed by atoms with Crippen molar-refractivity contribution in [2.45, 2.75) is 38.4 Å². The third kappa shape index (κ3) is 5.33. The van der Waals surface area contributed by atoms with E-state index in [0.717, 1.165) is 11.3 Å². The van der Waals surface area contributed by atoms with Crippen molar-refractivity contribution in [1.29, 1.82) is 0 Å². The molecule has 0 aliphatic carbocycles. The van der Waals surface area contributed by atoms with Crippen LogP contribution in [0.5, 0.6) is 5.75 Å². The van der Waals surface area contributed by atoms with Gasteiger partial charge in [0.15, 0.2) is 5.76 Å². The van der Waals surface area contributed by atoms with Crippen molar-refractivity contribution >= 4 is 11.8 Å². The van der Waals surface area contributed by atoms with E-state index in [4.69, 9.17) is 9.15 Å². The summed E-state index contributed by atoms with van der Waals surface area (Å²) >= 11 is 0. The van der Waals surface area contributed by atoms with Crippen LogP contribution in [0.15, 0.2) is 59.3 Å². The van der Waals surface area contributed by atoms with Gasteiger partial charge in [0.25, 0.3) is 5.91 Å². The highest BCUT2D eigenvalue weighted by Crippen LogP contribution is 2.19. The van der Waals surface area contributed by atoms with Crippen molar-refractivity contribution in [3.63, 3.8) is 0 Å². The van der Waals surface area contributed by atoms with Gasteiger partial charge < -0.3 is 19.4 Å². The highest BCUT2D eigenvalue weighted by atomic mass is 16.5. The smallest absolute Gasteiger partial charge is 0.287 e. The third-order valence-electron chi connectivity index (χ3n) is 5.41. The number of rotatable bonds is 7. The number of nitrogens with zero attached hydrogens (tertiary/aromatic N) is 3. The number of amides is 2. The average Bonchev–Trinajstić information content (AvgIpc) is 3.44. The Labute approximate surface area is 180 Å². The number of likely N-dealkylation sites (tertiary alicyclic amines) is 1. The number of hydrogen-bond acceptors (Lipinski definition) is 5. The van der Waals surface area contributed by atoms with Crippen LogP contribution in [-0.2, 0) is 17.9 Å². The Balaban J connectivity index is 1.32. The molecule has 1 saturated heterocycles. The first kappa shape index (κ1) is 20.7. The number of ether oxygens (including phenoxy) is 1. The van der Waals surface area contributed by atoms with Crippen LogP contribution in [0.4, 0.5) is 0 Å². The molecule has 3 aromatic rings. The summed E-state index contributed by atoms with van der Waals surface area (Å²) < 4.78 is 12.7. The minimum atomic E-state index is -0.259. The molecule has 0 spiro atoms. The first-order valence-corrected chi connectivity index (χ1v) is 10.4. The van der Waals surface area contributed by atoms with Crippen molar-refractivity contribution in [2.75, 3.05) is 13.7 Å². The maximum Gasteiger partial charge on any atom is 0.287 e. The molecular formula is C23H26N4O4. The second-order valence-electron chi connectivity index (χ2n) is 7.63. The quantitative estimate of drug-likeness (QED) is 0.632. The summed E-state index contributed by atoms with van der Waals surface area (Å²) in [7, 11) is 1.63. The standard InChI is InChI=1S/C23H26N4O4/c1-30-19-5-2-4-17(14-19)15-26-13-10-18(6-9-22(26)28)25-23(29)21-8-7-20(31-21)16-27-12-3-11-24-27/h2-5,7-8,11-12,14,18H,6,9-10,13,15-16H2,1H3,(H,25,29). The Morgan fingerprint density at radius 1 is 1.23 bits per heavy atom. The van der Waals surface area contributed by atoms with Crippen LogP contribution in [0.3, 0.4) is 0 Å². The van der Waals surface area contributed by atoms with Crippen LogP contribution in [0.25, 0.3) is 0 Å². The van der Waals surface area contributed by atoms with Crippen LogP contribution in [0.1, 0.15) is 41.1 Å². The molecule has 31 heavy (non-hydrogen) atoms. The van der Waals surface area contributed by atoms with Gasteiger partial charge in [-0.3, -0.25) is 14.3 Å². The molecule has 4 rings (SSSR count).